The maximum absolute atomic E-state index is 12.7. The Morgan fingerprint density at radius 1 is 1.35 bits per heavy atom. The number of ether oxygens (including phenoxy) is 2. The van der Waals surface area contributed by atoms with E-state index in [9.17, 15) is 9.18 Å². The van der Waals surface area contributed by atoms with E-state index in [2.05, 4.69) is 6.58 Å². The van der Waals surface area contributed by atoms with Gasteiger partial charge < -0.3 is 9.47 Å². The lowest BCUT2D eigenvalue weighted by molar-refractivity contribution is -0.148. The summed E-state index contributed by atoms with van der Waals surface area (Å²) in [5.74, 6) is -0.0871. The Kier molecular flexibility index (Phi) is 7.40. The van der Waals surface area contributed by atoms with Crippen LogP contribution in [0.15, 0.2) is 36.9 Å². The van der Waals surface area contributed by atoms with Gasteiger partial charge in [0.2, 0.25) is 0 Å². The number of allylic oxidation sites excluding steroid dienone is 1. The summed E-state index contributed by atoms with van der Waals surface area (Å²) in [6.07, 6.45) is 3.83. The average Bonchev–Trinajstić information content (AvgIpc) is 2.44. The number of carbonyl (C=O) groups is 1. The Balaban J connectivity index is 2.42. The minimum absolute atomic E-state index is 0.187. The van der Waals surface area contributed by atoms with Crippen LogP contribution in [-0.2, 0) is 9.53 Å². The standard InChI is InChI=1S/C16H21FO3/c1-3-5-6-13(16(18)19-4-2)11-12-20-15-9-7-14(17)8-10-15/h3,7-10,13H,1,4-6,11-12H2,2H3/t13-/m1/s1. The second-order valence-electron chi connectivity index (χ2n) is 4.41. The molecule has 1 atom stereocenters. The van der Waals surface area contributed by atoms with Crippen molar-refractivity contribution in [3.05, 3.63) is 42.7 Å². The van der Waals surface area contributed by atoms with Crippen molar-refractivity contribution in [1.29, 1.82) is 0 Å². The fourth-order valence-corrected chi connectivity index (χ4v) is 1.81. The molecule has 0 bridgehead atoms. The number of hydrogen-bond acceptors (Lipinski definition) is 3. The van der Waals surface area contributed by atoms with Gasteiger partial charge in [0.25, 0.3) is 0 Å². The van der Waals surface area contributed by atoms with Crippen molar-refractivity contribution in [2.75, 3.05) is 13.2 Å². The predicted molar refractivity (Wildman–Crippen MR) is 76.1 cm³/mol. The van der Waals surface area contributed by atoms with Crippen LogP contribution in [0, 0.1) is 11.7 Å². The molecule has 1 rings (SSSR count). The van der Waals surface area contributed by atoms with Gasteiger partial charge in [0.15, 0.2) is 0 Å². The summed E-state index contributed by atoms with van der Waals surface area (Å²) in [6, 6.07) is 5.82. The highest BCUT2D eigenvalue weighted by atomic mass is 19.1. The molecule has 0 aliphatic heterocycles. The maximum atomic E-state index is 12.7. The Morgan fingerprint density at radius 2 is 2.05 bits per heavy atom. The molecule has 0 amide bonds. The molecule has 0 saturated heterocycles. The van der Waals surface area contributed by atoms with Crippen LogP contribution >= 0.6 is 0 Å². The third-order valence-electron chi connectivity index (χ3n) is 2.89. The molecule has 110 valence electrons. The Bertz CT molecular complexity index is 414. The molecule has 0 aliphatic carbocycles. The minimum atomic E-state index is -0.298. The van der Waals surface area contributed by atoms with Crippen molar-refractivity contribution >= 4 is 5.97 Å². The summed E-state index contributed by atoms with van der Waals surface area (Å²) in [5, 5.41) is 0. The topological polar surface area (TPSA) is 35.5 Å². The summed E-state index contributed by atoms with van der Waals surface area (Å²) in [6.45, 7) is 6.22. The number of halogens is 1. The number of esters is 1. The zero-order chi connectivity index (χ0) is 14.8. The van der Waals surface area contributed by atoms with Crippen LogP contribution in [0.25, 0.3) is 0 Å². The van der Waals surface area contributed by atoms with Gasteiger partial charge in [-0.2, -0.15) is 0 Å². The second-order valence-corrected chi connectivity index (χ2v) is 4.41. The summed E-state index contributed by atoms with van der Waals surface area (Å²) >= 11 is 0. The summed E-state index contributed by atoms with van der Waals surface area (Å²) < 4.78 is 23.3. The fraction of sp³-hybridized carbons (Fsp3) is 0.438. The van der Waals surface area contributed by atoms with Gasteiger partial charge in [0.1, 0.15) is 11.6 Å². The molecular formula is C16H21FO3. The zero-order valence-corrected chi connectivity index (χ0v) is 11.8. The van der Waals surface area contributed by atoms with E-state index in [-0.39, 0.29) is 17.7 Å². The van der Waals surface area contributed by atoms with E-state index in [1.165, 1.54) is 12.1 Å². The molecule has 0 saturated carbocycles. The molecule has 0 aromatic heterocycles. The van der Waals surface area contributed by atoms with Crippen molar-refractivity contribution < 1.29 is 18.7 Å². The van der Waals surface area contributed by atoms with Gasteiger partial charge in [-0.3, -0.25) is 4.79 Å². The molecule has 0 aliphatic rings. The Labute approximate surface area is 119 Å². The molecule has 0 N–H and O–H groups in total. The molecule has 0 radical (unpaired) electrons. The molecule has 1 aromatic rings. The molecule has 3 nitrogen and oxygen atoms in total. The summed E-state index contributed by atoms with van der Waals surface area (Å²) in [7, 11) is 0. The highest BCUT2D eigenvalue weighted by Crippen LogP contribution is 2.16. The molecular weight excluding hydrogens is 259 g/mol. The molecule has 0 fully saturated rings. The number of benzene rings is 1. The highest BCUT2D eigenvalue weighted by Gasteiger charge is 2.18. The first kappa shape index (κ1) is 16.2. The SMILES string of the molecule is C=CCC[C@H](CCOc1ccc(F)cc1)C(=O)OCC. The molecule has 0 unspecified atom stereocenters. The van der Waals surface area contributed by atoms with E-state index < -0.39 is 0 Å². The first-order chi connectivity index (χ1) is 9.67. The van der Waals surface area contributed by atoms with Gasteiger partial charge in [0.05, 0.1) is 19.1 Å². The number of carbonyl (C=O) groups excluding carboxylic acids is 1. The lowest BCUT2D eigenvalue weighted by Gasteiger charge is -2.15. The van der Waals surface area contributed by atoms with E-state index in [1.54, 1.807) is 25.1 Å². The van der Waals surface area contributed by atoms with Crippen LogP contribution in [0.1, 0.15) is 26.2 Å². The lowest BCUT2D eigenvalue weighted by atomic mass is 10.00. The van der Waals surface area contributed by atoms with E-state index in [0.717, 1.165) is 6.42 Å². The van der Waals surface area contributed by atoms with E-state index >= 15 is 0 Å². The summed E-state index contributed by atoms with van der Waals surface area (Å²) in [5.41, 5.74) is 0. The van der Waals surface area contributed by atoms with Crippen LogP contribution in [0.4, 0.5) is 4.39 Å². The Morgan fingerprint density at radius 3 is 2.65 bits per heavy atom. The quantitative estimate of drug-likeness (QED) is 0.510. The van der Waals surface area contributed by atoms with E-state index in [1.807, 2.05) is 0 Å². The minimum Gasteiger partial charge on any atom is -0.494 e. The van der Waals surface area contributed by atoms with E-state index in [4.69, 9.17) is 9.47 Å². The fourth-order valence-electron chi connectivity index (χ4n) is 1.81. The Hall–Kier alpha value is -1.84. The monoisotopic (exact) mass is 280 g/mol. The third kappa shape index (κ3) is 5.87. The van der Waals surface area contributed by atoms with Crippen LogP contribution in [0.5, 0.6) is 5.75 Å². The second kappa shape index (κ2) is 9.13. The zero-order valence-electron chi connectivity index (χ0n) is 11.8. The molecule has 1 aromatic carbocycles. The molecule has 0 heterocycles. The molecule has 20 heavy (non-hydrogen) atoms. The van der Waals surface area contributed by atoms with Gasteiger partial charge in [-0.15, -0.1) is 6.58 Å². The first-order valence-corrected chi connectivity index (χ1v) is 6.83. The smallest absolute Gasteiger partial charge is 0.309 e. The van der Waals surface area contributed by atoms with Crippen LogP contribution < -0.4 is 4.74 Å². The van der Waals surface area contributed by atoms with Crippen LogP contribution in [0.2, 0.25) is 0 Å². The van der Waals surface area contributed by atoms with Crippen molar-refractivity contribution in [3.63, 3.8) is 0 Å². The van der Waals surface area contributed by atoms with Crippen molar-refractivity contribution in [1.82, 2.24) is 0 Å². The average molecular weight is 280 g/mol. The van der Waals surface area contributed by atoms with Gasteiger partial charge in [-0.05, 0) is 50.5 Å². The van der Waals surface area contributed by atoms with Gasteiger partial charge in [-0.1, -0.05) is 6.08 Å². The normalized spacial score (nSPS) is 11.7. The molecule has 0 spiro atoms. The molecule has 4 heteroatoms. The maximum Gasteiger partial charge on any atom is 0.309 e. The van der Waals surface area contributed by atoms with Crippen molar-refractivity contribution in [3.8, 4) is 5.75 Å². The van der Waals surface area contributed by atoms with Crippen molar-refractivity contribution in [2.45, 2.75) is 26.2 Å². The highest BCUT2D eigenvalue weighted by molar-refractivity contribution is 5.72. The largest absolute Gasteiger partial charge is 0.494 e. The third-order valence-corrected chi connectivity index (χ3v) is 2.89. The number of hydrogen-bond donors (Lipinski definition) is 0. The predicted octanol–water partition coefficient (Wildman–Crippen LogP) is 3.74. The summed E-state index contributed by atoms with van der Waals surface area (Å²) in [4.78, 5) is 11.8. The van der Waals surface area contributed by atoms with Crippen molar-refractivity contribution in [2.24, 2.45) is 5.92 Å². The number of rotatable bonds is 9. The van der Waals surface area contributed by atoms with E-state index in [0.29, 0.717) is 31.8 Å². The van der Waals surface area contributed by atoms with Gasteiger partial charge >= 0.3 is 5.97 Å². The van der Waals surface area contributed by atoms with Gasteiger partial charge in [0, 0.05) is 0 Å². The first-order valence-electron chi connectivity index (χ1n) is 6.83. The van der Waals surface area contributed by atoms with Crippen LogP contribution in [0.3, 0.4) is 0 Å². The van der Waals surface area contributed by atoms with Gasteiger partial charge in [-0.25, -0.2) is 4.39 Å². The lowest BCUT2D eigenvalue weighted by Crippen LogP contribution is -2.20. The van der Waals surface area contributed by atoms with Crippen LogP contribution in [-0.4, -0.2) is 19.2 Å².